The summed E-state index contributed by atoms with van der Waals surface area (Å²) in [5.41, 5.74) is 2.36. The minimum atomic E-state index is -0.0176. The number of para-hydroxylation sites is 1. The van der Waals surface area contributed by atoms with Gasteiger partial charge in [0.1, 0.15) is 5.75 Å². The summed E-state index contributed by atoms with van der Waals surface area (Å²) in [5, 5.41) is 0.743. The quantitative estimate of drug-likeness (QED) is 0.730. The zero-order chi connectivity index (χ0) is 20.9. The van der Waals surface area contributed by atoms with Crippen molar-refractivity contribution in [3.8, 4) is 5.75 Å². The van der Waals surface area contributed by atoms with E-state index in [0.29, 0.717) is 6.61 Å². The Morgan fingerprint density at radius 3 is 2.70 bits per heavy atom. The fourth-order valence-corrected chi connectivity index (χ4v) is 4.40. The molecule has 2 aromatic carbocycles. The lowest BCUT2D eigenvalue weighted by molar-refractivity contribution is -0.136. The van der Waals surface area contributed by atoms with Gasteiger partial charge >= 0.3 is 0 Å². The van der Waals surface area contributed by atoms with Gasteiger partial charge in [0.15, 0.2) is 6.61 Å². The largest absolute Gasteiger partial charge is 0.483 e. The first-order valence-corrected chi connectivity index (χ1v) is 11.0. The molecule has 2 atom stereocenters. The molecule has 2 aliphatic heterocycles. The summed E-state index contributed by atoms with van der Waals surface area (Å²) in [4.78, 5) is 17.0. The maximum Gasteiger partial charge on any atom is 0.260 e. The lowest BCUT2D eigenvalue weighted by atomic mass is 10.1. The molecule has 0 N–H and O–H groups in total. The number of nitrogens with zero attached hydrogens (tertiary/aromatic N) is 2. The van der Waals surface area contributed by atoms with E-state index in [1.165, 1.54) is 5.56 Å². The van der Waals surface area contributed by atoms with Crippen LogP contribution in [0, 0.1) is 0 Å². The average Bonchev–Trinajstić information content (AvgIpc) is 3.15. The minimum Gasteiger partial charge on any atom is -0.483 e. The van der Waals surface area contributed by atoms with Crippen LogP contribution in [0.5, 0.6) is 5.75 Å². The van der Waals surface area contributed by atoms with Gasteiger partial charge in [0.2, 0.25) is 0 Å². The minimum absolute atomic E-state index is 0.00868. The third-order valence-corrected chi connectivity index (χ3v) is 6.27. The maximum absolute atomic E-state index is 12.9. The van der Waals surface area contributed by atoms with E-state index in [2.05, 4.69) is 23.1 Å². The molecule has 0 saturated carbocycles. The number of fused-ring (bicyclic) bond motifs is 2. The number of aryl methyl sites for hydroxylation is 1. The molecule has 0 unspecified atom stereocenters. The predicted octanol–water partition coefficient (Wildman–Crippen LogP) is 3.78. The Morgan fingerprint density at radius 1 is 1.07 bits per heavy atom. The number of likely N-dealkylation sites (N-methyl/N-ethyl adjacent to an activating group) is 1. The van der Waals surface area contributed by atoms with E-state index in [0.717, 1.165) is 55.2 Å². The van der Waals surface area contributed by atoms with Crippen LogP contribution in [0.15, 0.2) is 48.5 Å². The van der Waals surface area contributed by atoms with Gasteiger partial charge in [-0.25, -0.2) is 0 Å². The number of rotatable bonds is 2. The van der Waals surface area contributed by atoms with Gasteiger partial charge in [0.25, 0.3) is 5.91 Å². The van der Waals surface area contributed by atoms with Crippen LogP contribution in [0.25, 0.3) is 0 Å². The topological polar surface area (TPSA) is 42.0 Å². The van der Waals surface area contributed by atoms with Gasteiger partial charge in [0.05, 0.1) is 12.1 Å². The standard InChI is InChI=1S/C24H29ClN2O3/c1-26-21-15-27(14-18-9-11-20(25)12-10-18)16-23(21)29-13-5-4-7-19-6-2-3-8-22(19)30-17-24(26)28/h2-3,6,8-12,21,23H,4-5,7,13-17H2,1H3/t21-,23-/m1/s1. The molecule has 0 spiro atoms. The van der Waals surface area contributed by atoms with Crippen molar-refractivity contribution in [3.63, 3.8) is 0 Å². The molecular formula is C24H29ClN2O3. The highest BCUT2D eigenvalue weighted by molar-refractivity contribution is 6.30. The van der Waals surface area contributed by atoms with Crippen LogP contribution < -0.4 is 4.74 Å². The first-order valence-electron chi connectivity index (χ1n) is 10.6. The first kappa shape index (κ1) is 21.2. The average molecular weight is 429 g/mol. The van der Waals surface area contributed by atoms with Crippen molar-refractivity contribution in [3.05, 3.63) is 64.7 Å². The molecule has 1 fully saturated rings. The number of amides is 1. The Hall–Kier alpha value is -2.08. The van der Waals surface area contributed by atoms with Gasteiger partial charge in [-0.1, -0.05) is 41.9 Å². The van der Waals surface area contributed by atoms with E-state index in [-0.39, 0.29) is 24.7 Å². The molecule has 0 radical (unpaired) electrons. The summed E-state index contributed by atoms with van der Waals surface area (Å²) in [7, 11) is 1.87. The van der Waals surface area contributed by atoms with Crippen LogP contribution in [-0.4, -0.2) is 61.2 Å². The smallest absolute Gasteiger partial charge is 0.260 e. The van der Waals surface area contributed by atoms with Gasteiger partial charge in [-0.05, 0) is 48.6 Å². The molecule has 160 valence electrons. The number of carbonyl (C=O) groups is 1. The Morgan fingerprint density at radius 2 is 1.87 bits per heavy atom. The van der Waals surface area contributed by atoms with Crippen LogP contribution in [-0.2, 0) is 22.5 Å². The van der Waals surface area contributed by atoms with E-state index < -0.39 is 0 Å². The van der Waals surface area contributed by atoms with Crippen molar-refractivity contribution in [1.82, 2.24) is 9.80 Å². The van der Waals surface area contributed by atoms with Crippen molar-refractivity contribution in [2.75, 3.05) is 33.4 Å². The van der Waals surface area contributed by atoms with Crippen LogP contribution in [0.2, 0.25) is 5.02 Å². The number of likely N-dealkylation sites (tertiary alicyclic amines) is 1. The molecule has 2 aliphatic rings. The molecule has 6 heteroatoms. The second-order valence-corrected chi connectivity index (χ2v) is 8.59. The Bertz CT molecular complexity index is 858. The van der Waals surface area contributed by atoms with Gasteiger partial charge in [0, 0.05) is 38.3 Å². The fourth-order valence-electron chi connectivity index (χ4n) is 4.28. The number of hydrogen-bond donors (Lipinski definition) is 0. The van der Waals surface area contributed by atoms with Crippen molar-refractivity contribution in [2.45, 2.75) is 38.0 Å². The summed E-state index contributed by atoms with van der Waals surface area (Å²) >= 11 is 6.01. The second kappa shape index (κ2) is 9.82. The molecule has 1 amide bonds. The first-order chi connectivity index (χ1) is 14.6. The summed E-state index contributed by atoms with van der Waals surface area (Å²) in [6.45, 7) is 3.17. The Labute approximate surface area is 183 Å². The Balaban J connectivity index is 1.46. The third-order valence-electron chi connectivity index (χ3n) is 6.02. The highest BCUT2D eigenvalue weighted by atomic mass is 35.5. The van der Waals surface area contributed by atoms with Gasteiger partial charge in [-0.15, -0.1) is 0 Å². The van der Waals surface area contributed by atoms with Gasteiger partial charge < -0.3 is 14.4 Å². The molecule has 2 heterocycles. The molecule has 0 aliphatic carbocycles. The van der Waals surface area contributed by atoms with Crippen molar-refractivity contribution in [2.24, 2.45) is 0 Å². The zero-order valence-corrected chi connectivity index (χ0v) is 18.2. The molecule has 0 bridgehead atoms. The summed E-state index contributed by atoms with van der Waals surface area (Å²) in [6, 6.07) is 16.0. The summed E-state index contributed by atoms with van der Waals surface area (Å²) in [6.07, 6.45) is 2.97. The third kappa shape index (κ3) is 5.15. The maximum atomic E-state index is 12.9. The molecule has 4 rings (SSSR count). The number of hydrogen-bond acceptors (Lipinski definition) is 4. The SMILES string of the molecule is CN1C(=O)COc2ccccc2CCCCO[C@@H]2CN(Cc3ccc(Cl)cc3)C[C@H]21. The molecular weight excluding hydrogens is 400 g/mol. The van der Waals surface area contributed by atoms with E-state index in [4.69, 9.17) is 21.1 Å². The van der Waals surface area contributed by atoms with Crippen molar-refractivity contribution >= 4 is 17.5 Å². The molecule has 5 nitrogen and oxygen atoms in total. The zero-order valence-electron chi connectivity index (χ0n) is 17.4. The molecule has 30 heavy (non-hydrogen) atoms. The van der Waals surface area contributed by atoms with Crippen molar-refractivity contribution < 1.29 is 14.3 Å². The van der Waals surface area contributed by atoms with Crippen LogP contribution in [0.4, 0.5) is 0 Å². The predicted molar refractivity (Wildman–Crippen MR) is 118 cm³/mol. The summed E-state index contributed by atoms with van der Waals surface area (Å²) < 4.78 is 12.2. The molecule has 0 aromatic heterocycles. The highest BCUT2D eigenvalue weighted by Crippen LogP contribution is 2.24. The fraction of sp³-hybridized carbons (Fsp3) is 0.458. The number of benzene rings is 2. The van der Waals surface area contributed by atoms with Gasteiger partial charge in [-0.2, -0.15) is 0 Å². The number of carbonyl (C=O) groups excluding carboxylic acids is 1. The monoisotopic (exact) mass is 428 g/mol. The molecule has 2 aromatic rings. The number of halogens is 1. The van der Waals surface area contributed by atoms with E-state index in [9.17, 15) is 4.79 Å². The van der Waals surface area contributed by atoms with Crippen LogP contribution in [0.1, 0.15) is 24.0 Å². The lowest BCUT2D eigenvalue weighted by Gasteiger charge is -2.29. The van der Waals surface area contributed by atoms with Crippen molar-refractivity contribution in [1.29, 1.82) is 0 Å². The second-order valence-electron chi connectivity index (χ2n) is 8.16. The normalized spacial score (nSPS) is 23.5. The van der Waals surface area contributed by atoms with Crippen LogP contribution in [0.3, 0.4) is 0 Å². The van der Waals surface area contributed by atoms with Crippen LogP contribution >= 0.6 is 11.6 Å². The number of ether oxygens (including phenoxy) is 2. The van der Waals surface area contributed by atoms with E-state index >= 15 is 0 Å². The molecule has 1 saturated heterocycles. The lowest BCUT2D eigenvalue weighted by Crippen LogP contribution is -2.47. The highest BCUT2D eigenvalue weighted by Gasteiger charge is 2.38. The van der Waals surface area contributed by atoms with E-state index in [1.54, 1.807) is 0 Å². The van der Waals surface area contributed by atoms with E-state index in [1.807, 2.05) is 42.3 Å². The van der Waals surface area contributed by atoms with Gasteiger partial charge in [-0.3, -0.25) is 9.69 Å². The Kier molecular flexibility index (Phi) is 6.93. The summed E-state index contributed by atoms with van der Waals surface area (Å²) in [5.74, 6) is 0.794.